The molecule has 2 heterocycles. The molecule has 1 saturated heterocycles. The van der Waals surface area contributed by atoms with Gasteiger partial charge in [-0.1, -0.05) is 0 Å². The van der Waals surface area contributed by atoms with E-state index in [1.165, 1.54) is 0 Å². The molecule has 0 bridgehead atoms. The van der Waals surface area contributed by atoms with Crippen molar-refractivity contribution in [1.29, 1.82) is 0 Å². The van der Waals surface area contributed by atoms with Crippen molar-refractivity contribution in [3.63, 3.8) is 0 Å². The van der Waals surface area contributed by atoms with Crippen molar-refractivity contribution in [2.45, 2.75) is 6.17 Å². The minimum atomic E-state index is -1.05. The van der Waals surface area contributed by atoms with Gasteiger partial charge in [-0.25, -0.2) is 9.59 Å². The lowest BCUT2D eigenvalue weighted by Crippen LogP contribution is -2.61. The van der Waals surface area contributed by atoms with Crippen LogP contribution in [0.1, 0.15) is 0 Å². The van der Waals surface area contributed by atoms with Crippen LogP contribution in [0.25, 0.3) is 4.95 Å². The molecular formula is C6H3N5O3. The largest absolute Gasteiger partial charge is 0.393 e. The van der Waals surface area contributed by atoms with Gasteiger partial charge in [0.1, 0.15) is 0 Å². The number of nitrogens with zero attached hydrogens (tertiary/aromatic N) is 3. The molecule has 2 aliphatic rings. The molecule has 2 N–H and O–H groups in total. The number of carbonyl (C=O) groups excluding carboxylic acids is 3. The Bertz CT molecular complexity index is 420. The molecule has 0 aliphatic carbocycles. The lowest BCUT2D eigenvalue weighted by molar-refractivity contribution is -0.114. The fraction of sp³-hybridized carbons (Fsp3) is 0.167. The van der Waals surface area contributed by atoms with E-state index in [0.717, 1.165) is 0 Å². The number of rotatable bonds is 0. The van der Waals surface area contributed by atoms with Crippen LogP contribution in [0.5, 0.6) is 0 Å². The van der Waals surface area contributed by atoms with Gasteiger partial charge in [0, 0.05) is 5.01 Å². The molecule has 0 aromatic heterocycles. The molecule has 1 unspecified atom stereocenters. The highest BCUT2D eigenvalue weighted by molar-refractivity contribution is 6.47. The van der Waals surface area contributed by atoms with Crippen LogP contribution in [0.4, 0.5) is 9.59 Å². The van der Waals surface area contributed by atoms with Gasteiger partial charge >= 0.3 is 12.1 Å². The quantitative estimate of drug-likeness (QED) is 0.476. The highest BCUT2D eigenvalue weighted by atomic mass is 16.2. The van der Waals surface area contributed by atoms with Gasteiger partial charge < -0.3 is 5.32 Å². The minimum absolute atomic E-state index is 0.161. The summed E-state index contributed by atoms with van der Waals surface area (Å²) < 4.78 is 0. The Morgan fingerprint density at radius 3 is 2.79 bits per heavy atom. The summed E-state index contributed by atoms with van der Waals surface area (Å²) in [4.78, 5) is 39.2. The second-order valence-electron chi connectivity index (χ2n) is 2.55. The van der Waals surface area contributed by atoms with Crippen LogP contribution < -0.4 is 10.6 Å². The molecule has 2 rings (SSSR count). The van der Waals surface area contributed by atoms with Gasteiger partial charge in [0.05, 0.1) is 0 Å². The maximum absolute atomic E-state index is 11.1. The van der Waals surface area contributed by atoms with Gasteiger partial charge in [0.2, 0.25) is 6.17 Å². The van der Waals surface area contributed by atoms with Crippen LogP contribution in [0.2, 0.25) is 0 Å². The SMILES string of the molecule is [C-]#[N+]N1C(=O)NC(=O)C2=NC(=O)NC21. The Balaban J connectivity index is 2.42. The fourth-order valence-electron chi connectivity index (χ4n) is 1.18. The van der Waals surface area contributed by atoms with E-state index in [1.807, 2.05) is 5.32 Å². The summed E-state index contributed by atoms with van der Waals surface area (Å²) in [6.45, 7) is 6.68. The first-order valence-electron chi connectivity index (χ1n) is 3.54. The Morgan fingerprint density at radius 1 is 1.43 bits per heavy atom. The second kappa shape index (κ2) is 2.53. The Kier molecular flexibility index (Phi) is 1.48. The maximum atomic E-state index is 11.1. The van der Waals surface area contributed by atoms with Crippen LogP contribution in [0.15, 0.2) is 4.99 Å². The van der Waals surface area contributed by atoms with Crippen LogP contribution in [-0.2, 0) is 4.79 Å². The molecule has 0 spiro atoms. The summed E-state index contributed by atoms with van der Waals surface area (Å²) in [5.74, 6) is -0.752. The zero-order valence-electron chi connectivity index (χ0n) is 6.64. The van der Waals surface area contributed by atoms with Crippen molar-refractivity contribution in [3.05, 3.63) is 11.5 Å². The smallest absolute Gasteiger partial charge is 0.305 e. The van der Waals surface area contributed by atoms with E-state index in [2.05, 4.69) is 15.3 Å². The van der Waals surface area contributed by atoms with E-state index < -0.39 is 24.1 Å². The molecule has 2 aliphatic heterocycles. The van der Waals surface area contributed by atoms with Crippen LogP contribution >= 0.6 is 0 Å². The summed E-state index contributed by atoms with van der Waals surface area (Å²) in [6.07, 6.45) is -1.05. The first kappa shape index (κ1) is 8.18. The van der Waals surface area contributed by atoms with Crippen molar-refractivity contribution in [3.8, 4) is 0 Å². The minimum Gasteiger partial charge on any atom is -0.305 e. The summed E-state index contributed by atoms with van der Waals surface area (Å²) in [7, 11) is 0. The number of urea groups is 2. The number of carbonyl (C=O) groups is 3. The van der Waals surface area contributed by atoms with Crippen LogP contribution in [0, 0.1) is 6.57 Å². The van der Waals surface area contributed by atoms with E-state index in [0.29, 0.717) is 5.01 Å². The van der Waals surface area contributed by atoms with Crippen molar-refractivity contribution < 1.29 is 14.4 Å². The topological polar surface area (TPSA) is 95.2 Å². The molecule has 1 atom stereocenters. The van der Waals surface area contributed by atoms with Crippen molar-refractivity contribution in [2.75, 3.05) is 0 Å². The third-order valence-electron chi connectivity index (χ3n) is 1.75. The molecule has 8 nitrogen and oxygen atoms in total. The lowest BCUT2D eigenvalue weighted by atomic mass is 10.2. The second-order valence-corrected chi connectivity index (χ2v) is 2.55. The van der Waals surface area contributed by atoms with Gasteiger partial charge in [-0.15, -0.1) is 0 Å². The Hall–Kier alpha value is -2.43. The molecule has 0 saturated carbocycles. The first-order chi connectivity index (χ1) is 6.63. The van der Waals surface area contributed by atoms with Gasteiger partial charge in [-0.2, -0.15) is 16.5 Å². The average Bonchev–Trinajstić information content (AvgIpc) is 2.48. The van der Waals surface area contributed by atoms with Gasteiger partial charge in [0.15, 0.2) is 5.71 Å². The Labute approximate surface area is 77.4 Å². The molecular weight excluding hydrogens is 190 g/mol. The summed E-state index contributed by atoms with van der Waals surface area (Å²) in [5.41, 5.74) is -0.161. The predicted molar refractivity (Wildman–Crippen MR) is 41.7 cm³/mol. The van der Waals surface area contributed by atoms with E-state index in [-0.39, 0.29) is 5.71 Å². The molecule has 0 radical (unpaired) electrons. The number of nitrogens with one attached hydrogen (secondary N) is 2. The van der Waals surface area contributed by atoms with Crippen molar-refractivity contribution >= 4 is 23.7 Å². The van der Waals surface area contributed by atoms with Gasteiger partial charge in [-0.05, 0) is 0 Å². The Morgan fingerprint density at radius 2 is 2.14 bits per heavy atom. The molecule has 5 amide bonds. The number of hydrogen-bond donors (Lipinski definition) is 2. The average molecular weight is 193 g/mol. The van der Waals surface area contributed by atoms with Crippen LogP contribution in [0.3, 0.4) is 0 Å². The first-order valence-corrected chi connectivity index (χ1v) is 3.54. The monoisotopic (exact) mass is 193 g/mol. The molecule has 70 valence electrons. The number of aliphatic imine (C=N–C) groups is 1. The molecule has 0 aromatic rings. The highest BCUT2D eigenvalue weighted by Gasteiger charge is 2.47. The van der Waals surface area contributed by atoms with Crippen molar-refractivity contribution in [1.82, 2.24) is 15.6 Å². The molecule has 8 heteroatoms. The summed E-state index contributed by atoms with van der Waals surface area (Å²) in [6, 6.07) is -1.60. The van der Waals surface area contributed by atoms with Crippen LogP contribution in [-0.4, -0.2) is 34.9 Å². The fourth-order valence-corrected chi connectivity index (χ4v) is 1.18. The lowest BCUT2D eigenvalue weighted by Gasteiger charge is -2.20. The van der Waals surface area contributed by atoms with E-state index in [1.54, 1.807) is 0 Å². The highest BCUT2D eigenvalue weighted by Crippen LogP contribution is 2.11. The maximum Gasteiger partial charge on any atom is 0.393 e. The third-order valence-corrected chi connectivity index (χ3v) is 1.75. The van der Waals surface area contributed by atoms with Crippen molar-refractivity contribution in [2.24, 2.45) is 4.99 Å². The molecule has 0 aromatic carbocycles. The number of fused-ring (bicyclic) bond motifs is 1. The number of hydrogen-bond acceptors (Lipinski definition) is 3. The zero-order chi connectivity index (χ0) is 10.3. The zero-order valence-corrected chi connectivity index (χ0v) is 6.64. The molecule has 14 heavy (non-hydrogen) atoms. The number of amides is 5. The van der Waals surface area contributed by atoms with Gasteiger partial charge in [-0.3, -0.25) is 10.1 Å². The predicted octanol–water partition coefficient (Wildman–Crippen LogP) is -1.14. The number of imide groups is 1. The van der Waals surface area contributed by atoms with E-state index in [4.69, 9.17) is 6.57 Å². The third kappa shape index (κ3) is 0.925. The van der Waals surface area contributed by atoms with E-state index in [9.17, 15) is 14.4 Å². The molecule has 1 fully saturated rings. The van der Waals surface area contributed by atoms with Gasteiger partial charge in [0.25, 0.3) is 5.91 Å². The van der Waals surface area contributed by atoms with E-state index >= 15 is 0 Å². The summed E-state index contributed by atoms with van der Waals surface area (Å²) in [5, 5.41) is 4.71. The summed E-state index contributed by atoms with van der Waals surface area (Å²) >= 11 is 0. The standard InChI is InChI=1S/C6H3N5O3/c1-7-11-3-2(8-5(13)9-3)4(12)10-6(11)14/h3H,(H,9,13)(H,10,12,14). The normalized spacial score (nSPS) is 24.8.